The summed E-state index contributed by atoms with van der Waals surface area (Å²) in [6.07, 6.45) is 1.62. The molecule has 2 rings (SSSR count). The van der Waals surface area contributed by atoms with Gasteiger partial charge in [-0.1, -0.05) is 29.3 Å². The number of hydrogen-bond donors (Lipinski definition) is 0. The van der Waals surface area contributed by atoms with Crippen LogP contribution >= 0.6 is 15.9 Å². The normalized spacial score (nSPS) is 10.6. The van der Waals surface area contributed by atoms with E-state index in [2.05, 4.69) is 39.2 Å². The van der Waals surface area contributed by atoms with Crippen molar-refractivity contribution in [3.05, 3.63) is 55.7 Å². The van der Waals surface area contributed by atoms with E-state index in [1.807, 2.05) is 13.8 Å². The number of hydrogen-bond acceptors (Lipinski definition) is 3. The van der Waals surface area contributed by atoms with E-state index in [1.54, 1.807) is 10.9 Å². The average Bonchev–Trinajstić information content (AvgIpc) is 2.57. The Morgan fingerprint density at radius 1 is 1.33 bits per heavy atom. The molecule has 18 heavy (non-hydrogen) atoms. The third-order valence-corrected chi connectivity index (χ3v) is 3.06. The van der Waals surface area contributed by atoms with Gasteiger partial charge >= 0.3 is 5.82 Å². The second kappa shape index (κ2) is 4.89. The minimum Gasteiger partial charge on any atom is -0.358 e. The minimum atomic E-state index is -0.498. The molecular formula is C12H12BrN3O2. The fourth-order valence-electron chi connectivity index (χ4n) is 1.94. The highest BCUT2D eigenvalue weighted by molar-refractivity contribution is 9.10. The number of benzene rings is 1. The molecule has 0 saturated heterocycles. The molecule has 0 aliphatic heterocycles. The van der Waals surface area contributed by atoms with Crippen LogP contribution in [0.1, 0.15) is 16.7 Å². The van der Waals surface area contributed by atoms with Crippen LogP contribution < -0.4 is 0 Å². The van der Waals surface area contributed by atoms with Crippen molar-refractivity contribution in [2.24, 2.45) is 0 Å². The van der Waals surface area contributed by atoms with E-state index < -0.39 is 4.92 Å². The Hall–Kier alpha value is -1.69. The highest BCUT2D eigenvalue weighted by Gasteiger charge is 2.18. The maximum Gasteiger partial charge on any atom is 0.404 e. The smallest absolute Gasteiger partial charge is 0.358 e. The fourth-order valence-corrected chi connectivity index (χ4v) is 2.40. The SMILES string of the molecule is Cc1cc(C)cc(Cn2cc(Br)c([N+](=O)[O-])n2)c1. The van der Waals surface area contributed by atoms with Crippen molar-refractivity contribution in [3.63, 3.8) is 0 Å². The Bertz CT molecular complexity index is 587. The molecule has 1 heterocycles. The molecule has 1 aromatic carbocycles. The monoisotopic (exact) mass is 309 g/mol. The number of halogens is 1. The molecule has 5 nitrogen and oxygen atoms in total. The number of nitro groups is 1. The highest BCUT2D eigenvalue weighted by Crippen LogP contribution is 2.22. The molecule has 0 aliphatic carbocycles. The summed E-state index contributed by atoms with van der Waals surface area (Å²) in [5.74, 6) is -0.153. The van der Waals surface area contributed by atoms with Gasteiger partial charge in [0.15, 0.2) is 0 Å². The first kappa shape index (κ1) is 12.8. The molecule has 0 unspecified atom stereocenters. The molecule has 2 aromatic rings. The molecule has 1 aromatic heterocycles. The van der Waals surface area contributed by atoms with E-state index in [0.717, 1.165) is 5.56 Å². The van der Waals surface area contributed by atoms with Gasteiger partial charge in [0.05, 0.1) is 17.8 Å². The van der Waals surface area contributed by atoms with E-state index in [4.69, 9.17) is 0 Å². The van der Waals surface area contributed by atoms with Crippen LogP contribution in [0.4, 0.5) is 5.82 Å². The Balaban J connectivity index is 2.28. The Morgan fingerprint density at radius 2 is 1.94 bits per heavy atom. The van der Waals surface area contributed by atoms with Crippen LogP contribution in [-0.2, 0) is 6.54 Å². The molecule has 0 bridgehead atoms. The first-order valence-corrected chi connectivity index (χ1v) is 6.19. The summed E-state index contributed by atoms with van der Waals surface area (Å²) >= 11 is 3.13. The van der Waals surface area contributed by atoms with Crippen LogP contribution in [0.15, 0.2) is 28.9 Å². The topological polar surface area (TPSA) is 61.0 Å². The first-order valence-electron chi connectivity index (χ1n) is 5.40. The molecule has 0 amide bonds. The van der Waals surface area contributed by atoms with E-state index in [9.17, 15) is 10.1 Å². The summed E-state index contributed by atoms with van der Waals surface area (Å²) in [5.41, 5.74) is 3.42. The van der Waals surface area contributed by atoms with Crippen LogP contribution in [0.2, 0.25) is 0 Å². The van der Waals surface area contributed by atoms with Gasteiger partial charge in [-0.05, 0) is 40.3 Å². The van der Waals surface area contributed by atoms with Crippen molar-refractivity contribution in [2.75, 3.05) is 0 Å². The lowest BCUT2D eigenvalue weighted by Crippen LogP contribution is -2.02. The lowest BCUT2D eigenvalue weighted by molar-refractivity contribution is -0.390. The maximum absolute atomic E-state index is 10.7. The number of nitrogens with zero attached hydrogens (tertiary/aromatic N) is 3. The summed E-state index contributed by atoms with van der Waals surface area (Å²) in [6, 6.07) is 6.19. The molecule has 0 atom stereocenters. The average molecular weight is 310 g/mol. The fraction of sp³-hybridized carbons (Fsp3) is 0.250. The summed E-state index contributed by atoms with van der Waals surface area (Å²) in [4.78, 5) is 10.2. The van der Waals surface area contributed by atoms with Crippen molar-refractivity contribution < 1.29 is 4.92 Å². The van der Waals surface area contributed by atoms with Gasteiger partial charge in [-0.15, -0.1) is 0 Å². The van der Waals surface area contributed by atoms with Crippen LogP contribution in [0, 0.1) is 24.0 Å². The van der Waals surface area contributed by atoms with Crippen molar-refractivity contribution in [3.8, 4) is 0 Å². The zero-order valence-corrected chi connectivity index (χ0v) is 11.6. The van der Waals surface area contributed by atoms with Crippen LogP contribution in [0.25, 0.3) is 0 Å². The number of aryl methyl sites for hydroxylation is 2. The second-order valence-electron chi connectivity index (χ2n) is 4.25. The lowest BCUT2D eigenvalue weighted by Gasteiger charge is -2.02. The third-order valence-electron chi connectivity index (χ3n) is 2.50. The first-order chi connectivity index (χ1) is 8.45. The number of aromatic nitrogens is 2. The van der Waals surface area contributed by atoms with Crippen LogP contribution in [0.5, 0.6) is 0 Å². The molecule has 0 N–H and O–H groups in total. The molecule has 94 valence electrons. The van der Waals surface area contributed by atoms with E-state index >= 15 is 0 Å². The zero-order valence-electron chi connectivity index (χ0n) is 10.1. The van der Waals surface area contributed by atoms with Crippen molar-refractivity contribution in [1.82, 2.24) is 9.78 Å². The summed E-state index contributed by atoms with van der Waals surface area (Å²) in [6.45, 7) is 4.57. The summed E-state index contributed by atoms with van der Waals surface area (Å²) in [5, 5.41) is 14.6. The second-order valence-corrected chi connectivity index (χ2v) is 5.11. The van der Waals surface area contributed by atoms with Gasteiger partial charge in [0.25, 0.3) is 0 Å². The number of rotatable bonds is 3. The quantitative estimate of drug-likeness (QED) is 0.646. The van der Waals surface area contributed by atoms with E-state index in [0.29, 0.717) is 11.0 Å². The third kappa shape index (κ3) is 2.76. The van der Waals surface area contributed by atoms with Crippen molar-refractivity contribution in [2.45, 2.75) is 20.4 Å². The Morgan fingerprint density at radius 3 is 2.44 bits per heavy atom. The Kier molecular flexibility index (Phi) is 3.47. The van der Waals surface area contributed by atoms with Gasteiger partial charge in [0.1, 0.15) is 4.47 Å². The molecule has 0 radical (unpaired) electrons. The Labute approximate surface area is 113 Å². The van der Waals surface area contributed by atoms with Gasteiger partial charge in [-0.3, -0.25) is 0 Å². The molecule has 6 heteroatoms. The van der Waals surface area contributed by atoms with E-state index in [-0.39, 0.29) is 5.82 Å². The summed E-state index contributed by atoms with van der Waals surface area (Å²) < 4.78 is 1.97. The standard InChI is InChI=1S/C12H12BrN3O2/c1-8-3-9(2)5-10(4-8)6-15-7-11(13)12(14-15)16(17)18/h3-5,7H,6H2,1-2H3. The lowest BCUT2D eigenvalue weighted by atomic mass is 10.1. The molecule has 0 spiro atoms. The van der Waals surface area contributed by atoms with Gasteiger partial charge in [-0.25, -0.2) is 0 Å². The van der Waals surface area contributed by atoms with Gasteiger partial charge in [-0.2, -0.15) is 4.68 Å². The van der Waals surface area contributed by atoms with Crippen LogP contribution in [-0.4, -0.2) is 14.7 Å². The van der Waals surface area contributed by atoms with Gasteiger partial charge < -0.3 is 10.1 Å². The van der Waals surface area contributed by atoms with Gasteiger partial charge in [0.2, 0.25) is 0 Å². The van der Waals surface area contributed by atoms with Crippen LogP contribution in [0.3, 0.4) is 0 Å². The van der Waals surface area contributed by atoms with E-state index in [1.165, 1.54) is 11.1 Å². The van der Waals surface area contributed by atoms with Gasteiger partial charge in [0, 0.05) is 0 Å². The molecular weight excluding hydrogens is 298 g/mol. The highest BCUT2D eigenvalue weighted by atomic mass is 79.9. The maximum atomic E-state index is 10.7. The zero-order chi connectivity index (χ0) is 13.3. The predicted molar refractivity (Wildman–Crippen MR) is 71.6 cm³/mol. The largest absolute Gasteiger partial charge is 0.404 e. The molecule has 0 saturated carbocycles. The molecule has 0 fully saturated rings. The molecule has 0 aliphatic rings. The predicted octanol–water partition coefficient (Wildman–Crippen LogP) is 3.22. The van der Waals surface area contributed by atoms with Crippen molar-refractivity contribution >= 4 is 21.7 Å². The summed E-state index contributed by atoms with van der Waals surface area (Å²) in [7, 11) is 0. The van der Waals surface area contributed by atoms with Crippen molar-refractivity contribution in [1.29, 1.82) is 0 Å². The minimum absolute atomic E-state index is 0.153.